The van der Waals surface area contributed by atoms with Gasteiger partial charge in [0.2, 0.25) is 0 Å². The SMILES string of the molecule is c1ccc(-c2cc(-n3c4ccccc4c4cc5ccccc5c(-c5ccc6c(c5)c5ccccc5n6-c5ccc6ccccc6c5)c43)nc(-c3ccccc3)n2)cc1. The third-order valence-electron chi connectivity index (χ3n) is 11.7. The van der Waals surface area contributed by atoms with Crippen LogP contribution in [0.5, 0.6) is 0 Å². The fourth-order valence-electron chi connectivity index (χ4n) is 9.07. The smallest absolute Gasteiger partial charge is 0.162 e. The van der Waals surface area contributed by atoms with E-state index in [9.17, 15) is 0 Å². The third kappa shape index (κ3) is 5.02. The van der Waals surface area contributed by atoms with Crippen LogP contribution in [-0.4, -0.2) is 19.1 Å². The van der Waals surface area contributed by atoms with E-state index in [2.05, 4.69) is 191 Å². The Balaban J connectivity index is 1.18. The first-order chi connectivity index (χ1) is 28.8. The molecule has 4 heteroatoms. The molecule has 9 aromatic carbocycles. The average Bonchev–Trinajstić information content (AvgIpc) is 3.81. The predicted molar refractivity (Wildman–Crippen MR) is 242 cm³/mol. The summed E-state index contributed by atoms with van der Waals surface area (Å²) in [4.78, 5) is 10.5. The van der Waals surface area contributed by atoms with Gasteiger partial charge in [-0.2, -0.15) is 0 Å². The van der Waals surface area contributed by atoms with E-state index in [4.69, 9.17) is 9.97 Å². The van der Waals surface area contributed by atoms with E-state index in [0.29, 0.717) is 5.82 Å². The van der Waals surface area contributed by atoms with Crippen molar-refractivity contribution in [3.8, 4) is 45.3 Å². The van der Waals surface area contributed by atoms with Crippen LogP contribution in [0.2, 0.25) is 0 Å². The highest BCUT2D eigenvalue weighted by Crippen LogP contribution is 2.44. The minimum atomic E-state index is 0.688. The Kier molecular flexibility index (Phi) is 7.20. The zero-order valence-corrected chi connectivity index (χ0v) is 31.4. The molecule has 0 amide bonds. The van der Waals surface area contributed by atoms with Crippen LogP contribution in [-0.2, 0) is 0 Å². The van der Waals surface area contributed by atoms with Gasteiger partial charge in [-0.3, -0.25) is 4.57 Å². The molecule has 4 nitrogen and oxygen atoms in total. The quantitative estimate of drug-likeness (QED) is 0.176. The zero-order chi connectivity index (χ0) is 38.2. The Bertz CT molecular complexity index is 3500. The number of hydrogen-bond donors (Lipinski definition) is 0. The zero-order valence-electron chi connectivity index (χ0n) is 31.4. The van der Waals surface area contributed by atoms with Crippen LogP contribution in [0.15, 0.2) is 206 Å². The molecule has 0 aliphatic heterocycles. The topological polar surface area (TPSA) is 35.6 Å². The van der Waals surface area contributed by atoms with Crippen LogP contribution < -0.4 is 0 Å². The maximum atomic E-state index is 5.38. The van der Waals surface area contributed by atoms with Crippen LogP contribution in [0.4, 0.5) is 0 Å². The molecule has 0 saturated heterocycles. The van der Waals surface area contributed by atoms with E-state index in [1.54, 1.807) is 0 Å². The van der Waals surface area contributed by atoms with Crippen molar-refractivity contribution in [2.45, 2.75) is 0 Å². The molecule has 12 aromatic rings. The van der Waals surface area contributed by atoms with Crippen molar-refractivity contribution in [2.24, 2.45) is 0 Å². The molecule has 0 N–H and O–H groups in total. The van der Waals surface area contributed by atoms with Crippen LogP contribution in [0, 0.1) is 0 Å². The number of hydrogen-bond acceptors (Lipinski definition) is 2. The average molecular weight is 739 g/mol. The van der Waals surface area contributed by atoms with Crippen molar-refractivity contribution >= 4 is 65.2 Å². The van der Waals surface area contributed by atoms with Crippen molar-refractivity contribution in [1.82, 2.24) is 19.1 Å². The van der Waals surface area contributed by atoms with Gasteiger partial charge < -0.3 is 4.57 Å². The largest absolute Gasteiger partial charge is 0.309 e. The number of nitrogens with zero attached hydrogens (tertiary/aromatic N) is 4. The number of rotatable bonds is 5. The Morgan fingerprint density at radius 3 is 1.71 bits per heavy atom. The van der Waals surface area contributed by atoms with E-state index in [1.165, 1.54) is 59.7 Å². The molecule has 0 aliphatic rings. The number of para-hydroxylation sites is 2. The van der Waals surface area contributed by atoms with E-state index in [1.807, 2.05) is 24.3 Å². The van der Waals surface area contributed by atoms with E-state index >= 15 is 0 Å². The maximum absolute atomic E-state index is 5.38. The van der Waals surface area contributed by atoms with Gasteiger partial charge in [0, 0.05) is 50.0 Å². The van der Waals surface area contributed by atoms with Gasteiger partial charge in [0.05, 0.1) is 27.8 Å². The van der Waals surface area contributed by atoms with E-state index in [-0.39, 0.29) is 0 Å². The first-order valence-corrected chi connectivity index (χ1v) is 19.7. The van der Waals surface area contributed by atoms with Gasteiger partial charge in [-0.1, -0.05) is 158 Å². The summed E-state index contributed by atoms with van der Waals surface area (Å²) >= 11 is 0. The highest BCUT2D eigenvalue weighted by molar-refractivity contribution is 6.22. The Morgan fingerprint density at radius 1 is 0.328 bits per heavy atom. The lowest BCUT2D eigenvalue weighted by Crippen LogP contribution is -2.03. The fourth-order valence-corrected chi connectivity index (χ4v) is 9.07. The number of aromatic nitrogens is 4. The van der Waals surface area contributed by atoms with Gasteiger partial charge in [0.1, 0.15) is 5.82 Å². The second-order valence-electron chi connectivity index (χ2n) is 15.0. The van der Waals surface area contributed by atoms with Crippen molar-refractivity contribution in [3.05, 3.63) is 206 Å². The second-order valence-corrected chi connectivity index (χ2v) is 15.0. The van der Waals surface area contributed by atoms with Crippen molar-refractivity contribution < 1.29 is 0 Å². The Hall–Kier alpha value is -7.82. The second kappa shape index (κ2) is 12.9. The highest BCUT2D eigenvalue weighted by Gasteiger charge is 2.23. The summed E-state index contributed by atoms with van der Waals surface area (Å²) in [5.74, 6) is 1.51. The summed E-state index contributed by atoms with van der Waals surface area (Å²) < 4.78 is 4.78. The molecule has 0 radical (unpaired) electrons. The molecule has 0 aliphatic carbocycles. The molecule has 0 saturated carbocycles. The molecule has 3 heterocycles. The van der Waals surface area contributed by atoms with Gasteiger partial charge in [-0.15, -0.1) is 0 Å². The molecule has 58 heavy (non-hydrogen) atoms. The maximum Gasteiger partial charge on any atom is 0.162 e. The standard InChI is InChI=1S/C54H34N4/c1-3-16-36(17-4-1)47-34-51(56-54(55-47)37-18-5-2-6-19-37)58-49-26-14-12-24-44(49)46-32-39-21-9-10-22-42(39)52(53(46)58)40-28-30-50-45(33-40)43-23-11-13-25-48(43)57(50)41-29-27-35-15-7-8-20-38(35)31-41/h1-34H. The molecule has 12 rings (SSSR count). The molecule has 0 atom stereocenters. The summed E-state index contributed by atoms with van der Waals surface area (Å²) in [6.45, 7) is 0. The summed E-state index contributed by atoms with van der Waals surface area (Å²) in [7, 11) is 0. The first kappa shape index (κ1) is 32.4. The lowest BCUT2D eigenvalue weighted by atomic mass is 9.94. The molecule has 0 bridgehead atoms. The highest BCUT2D eigenvalue weighted by atomic mass is 15.1. The fraction of sp³-hybridized carbons (Fsp3) is 0. The number of benzene rings is 9. The monoisotopic (exact) mass is 738 g/mol. The lowest BCUT2D eigenvalue weighted by Gasteiger charge is -2.16. The van der Waals surface area contributed by atoms with Gasteiger partial charge in [0.25, 0.3) is 0 Å². The molecule has 270 valence electrons. The summed E-state index contributed by atoms with van der Waals surface area (Å²) in [6.07, 6.45) is 0. The third-order valence-corrected chi connectivity index (χ3v) is 11.7. The molecule has 0 fully saturated rings. The molecular weight excluding hydrogens is 705 g/mol. The Labute approximate surface area is 334 Å². The molecular formula is C54H34N4. The van der Waals surface area contributed by atoms with Crippen molar-refractivity contribution in [1.29, 1.82) is 0 Å². The van der Waals surface area contributed by atoms with Crippen LogP contribution in [0.3, 0.4) is 0 Å². The van der Waals surface area contributed by atoms with Gasteiger partial charge >= 0.3 is 0 Å². The van der Waals surface area contributed by atoms with Gasteiger partial charge in [-0.25, -0.2) is 9.97 Å². The Morgan fingerprint density at radius 2 is 0.931 bits per heavy atom. The molecule has 3 aromatic heterocycles. The minimum Gasteiger partial charge on any atom is -0.309 e. The van der Waals surface area contributed by atoms with E-state index < -0.39 is 0 Å². The van der Waals surface area contributed by atoms with Crippen LogP contribution in [0.25, 0.3) is 110 Å². The number of fused-ring (bicyclic) bond motifs is 8. The normalized spacial score (nSPS) is 11.8. The summed E-state index contributed by atoms with van der Waals surface area (Å²) in [6, 6.07) is 73.9. The van der Waals surface area contributed by atoms with Gasteiger partial charge in [0.15, 0.2) is 5.82 Å². The first-order valence-electron chi connectivity index (χ1n) is 19.7. The summed E-state index contributed by atoms with van der Waals surface area (Å²) in [5, 5.41) is 9.65. The lowest BCUT2D eigenvalue weighted by molar-refractivity contribution is 1.05. The minimum absolute atomic E-state index is 0.688. The van der Waals surface area contributed by atoms with Crippen molar-refractivity contribution in [2.75, 3.05) is 0 Å². The summed E-state index contributed by atoms with van der Waals surface area (Å²) in [5.41, 5.74) is 10.9. The van der Waals surface area contributed by atoms with Crippen LogP contribution in [0.1, 0.15) is 0 Å². The van der Waals surface area contributed by atoms with Crippen molar-refractivity contribution in [3.63, 3.8) is 0 Å². The van der Waals surface area contributed by atoms with Crippen LogP contribution >= 0.6 is 0 Å². The predicted octanol–water partition coefficient (Wildman–Crippen LogP) is 14.0. The van der Waals surface area contributed by atoms with Gasteiger partial charge in [-0.05, 0) is 69.6 Å². The molecule has 0 unspecified atom stereocenters. The molecule has 0 spiro atoms. The van der Waals surface area contributed by atoms with E-state index in [0.717, 1.165) is 44.9 Å².